The number of amides is 5. The van der Waals surface area contributed by atoms with Crippen molar-refractivity contribution in [2.75, 3.05) is 70.4 Å². The minimum Gasteiger partial charge on any atom is -0.391 e. The van der Waals surface area contributed by atoms with Crippen LogP contribution in [-0.4, -0.2) is 132 Å². The number of aryl methyl sites for hydroxylation is 3. The van der Waals surface area contributed by atoms with Crippen LogP contribution in [0.1, 0.15) is 62.7 Å². The zero-order valence-corrected chi connectivity index (χ0v) is 40.5. The van der Waals surface area contributed by atoms with Gasteiger partial charge in [-0.1, -0.05) is 45.0 Å². The fourth-order valence-electron chi connectivity index (χ4n) is 7.73. The molecule has 2 aromatic carbocycles. The summed E-state index contributed by atoms with van der Waals surface area (Å²) in [4.78, 5) is 73.3. The van der Waals surface area contributed by atoms with Crippen molar-refractivity contribution in [2.24, 2.45) is 5.41 Å². The molecule has 0 saturated carbocycles. The zero-order valence-electron chi connectivity index (χ0n) is 39.7. The first-order valence-corrected chi connectivity index (χ1v) is 23.3. The van der Waals surface area contributed by atoms with E-state index in [2.05, 4.69) is 46.5 Å². The molecule has 364 valence electrons. The lowest BCUT2D eigenvalue weighted by atomic mass is 9.85. The molecule has 0 spiro atoms. The summed E-state index contributed by atoms with van der Waals surface area (Å²) in [5, 5.41) is 25.2. The number of β-amino-alcohol motifs (C(OH)–C–C–N with tert-alkyl or cyclic N) is 1. The summed E-state index contributed by atoms with van der Waals surface area (Å²) in [6.07, 6.45) is 0.833. The molecule has 1 aliphatic rings. The third-order valence-electron chi connectivity index (χ3n) is 11.4. The van der Waals surface area contributed by atoms with Crippen molar-refractivity contribution < 1.29 is 42.9 Å². The van der Waals surface area contributed by atoms with Gasteiger partial charge in [0, 0.05) is 49.4 Å². The lowest BCUT2D eigenvalue weighted by molar-refractivity contribution is -0.144. The van der Waals surface area contributed by atoms with Gasteiger partial charge in [0.1, 0.15) is 24.5 Å². The molecule has 1 aliphatic heterocycles. The molecule has 5 aromatic rings. The van der Waals surface area contributed by atoms with Crippen LogP contribution in [0.4, 0.5) is 20.8 Å². The van der Waals surface area contributed by atoms with Crippen molar-refractivity contribution in [2.45, 2.75) is 79.1 Å². The monoisotopic (exact) mass is 956 g/mol. The number of likely N-dealkylation sites (tertiary alicyclic amines) is 1. The first-order valence-electron chi connectivity index (χ1n) is 22.4. The number of fused-ring (bicyclic) bond motifs is 1. The molecule has 6 rings (SSSR count). The van der Waals surface area contributed by atoms with E-state index in [1.165, 1.54) is 11.0 Å². The number of thiazole rings is 1. The molecule has 3 aromatic heterocycles. The number of carbonyl (C=O) groups is 4. The molecule has 1 saturated heterocycles. The highest BCUT2D eigenvalue weighted by molar-refractivity contribution is 7.13. The van der Waals surface area contributed by atoms with E-state index in [4.69, 9.17) is 14.2 Å². The second-order valence-electron chi connectivity index (χ2n) is 17.7. The van der Waals surface area contributed by atoms with Gasteiger partial charge in [-0.2, -0.15) is 4.98 Å². The first kappa shape index (κ1) is 51.2. The summed E-state index contributed by atoms with van der Waals surface area (Å²) in [5.74, 6) is -1.52. The van der Waals surface area contributed by atoms with Crippen molar-refractivity contribution in [1.29, 1.82) is 0 Å². The lowest BCUT2D eigenvalue weighted by Crippen LogP contribution is -2.58. The highest BCUT2D eigenvalue weighted by Gasteiger charge is 2.44. The molecule has 0 unspecified atom stereocenters. The van der Waals surface area contributed by atoms with Crippen molar-refractivity contribution in [3.63, 3.8) is 0 Å². The average molecular weight is 957 g/mol. The van der Waals surface area contributed by atoms with Gasteiger partial charge in [0.2, 0.25) is 23.7 Å². The molecule has 1 fully saturated rings. The maximum absolute atomic E-state index is 15.0. The number of aliphatic hydroxyl groups excluding tert-OH is 1. The van der Waals surface area contributed by atoms with E-state index in [-0.39, 0.29) is 70.9 Å². The molecule has 5 amide bonds. The SMILES string of the molecule is CNc1ncc2cc(-c3cc(NC(=O)NCCOCCOCCOCC(=O)N[C@@H](C(=O)N4C[C@H](O)C[C@H]4C(=O)N[C@@H](C)c4ccc(-c5scnc5C)cc4)C(C)(C)C)c(F)cc3C)c(C)nc2n1. The topological polar surface area (TPSA) is 231 Å². The van der Waals surface area contributed by atoms with E-state index < -0.39 is 53.2 Å². The van der Waals surface area contributed by atoms with E-state index in [1.807, 2.05) is 71.9 Å². The number of ether oxygens (including phenoxy) is 3. The minimum absolute atomic E-state index is 0.00522. The Morgan fingerprint density at radius 2 is 1.62 bits per heavy atom. The van der Waals surface area contributed by atoms with Crippen LogP contribution in [0.25, 0.3) is 32.6 Å². The van der Waals surface area contributed by atoms with E-state index in [1.54, 1.807) is 43.1 Å². The average Bonchev–Trinajstić information content (AvgIpc) is 3.92. The number of halogens is 1. The molecule has 4 atom stereocenters. The Balaban J connectivity index is 0.869. The summed E-state index contributed by atoms with van der Waals surface area (Å²) in [5.41, 5.74) is 7.29. The fraction of sp³-hybridized carbons (Fsp3) is 0.458. The Bertz CT molecular complexity index is 2570. The fourth-order valence-corrected chi connectivity index (χ4v) is 8.54. The number of nitrogens with one attached hydrogen (secondary N) is 5. The summed E-state index contributed by atoms with van der Waals surface area (Å²) in [7, 11) is 1.72. The van der Waals surface area contributed by atoms with Crippen LogP contribution in [0.15, 0.2) is 54.2 Å². The number of urea groups is 1. The van der Waals surface area contributed by atoms with Gasteiger partial charge in [0.15, 0.2) is 5.65 Å². The number of nitrogens with zero attached hydrogens (tertiary/aromatic N) is 5. The quantitative estimate of drug-likeness (QED) is 0.0533. The predicted octanol–water partition coefficient (Wildman–Crippen LogP) is 5.46. The van der Waals surface area contributed by atoms with Crippen LogP contribution >= 0.6 is 11.3 Å². The van der Waals surface area contributed by atoms with E-state index >= 15 is 0 Å². The van der Waals surface area contributed by atoms with Gasteiger partial charge in [0.25, 0.3) is 0 Å². The number of pyridine rings is 1. The molecule has 6 N–H and O–H groups in total. The second kappa shape index (κ2) is 23.2. The molecule has 20 heteroatoms. The van der Waals surface area contributed by atoms with Gasteiger partial charge >= 0.3 is 6.03 Å². The van der Waals surface area contributed by atoms with Gasteiger partial charge in [-0.3, -0.25) is 14.4 Å². The Hall–Kier alpha value is -6.19. The van der Waals surface area contributed by atoms with Crippen LogP contribution in [0.3, 0.4) is 0 Å². The third kappa shape index (κ3) is 13.3. The zero-order chi connectivity index (χ0) is 49.1. The smallest absolute Gasteiger partial charge is 0.319 e. The van der Waals surface area contributed by atoms with Crippen molar-refractivity contribution >= 4 is 57.8 Å². The lowest BCUT2D eigenvalue weighted by Gasteiger charge is -2.35. The van der Waals surface area contributed by atoms with Gasteiger partial charge < -0.3 is 50.8 Å². The van der Waals surface area contributed by atoms with E-state index in [0.29, 0.717) is 33.8 Å². The van der Waals surface area contributed by atoms with Gasteiger partial charge in [-0.05, 0) is 73.6 Å². The Kier molecular flexibility index (Phi) is 17.5. The number of carbonyl (C=O) groups excluding carboxylic acids is 4. The van der Waals surface area contributed by atoms with Crippen LogP contribution in [0.2, 0.25) is 0 Å². The second-order valence-corrected chi connectivity index (χ2v) is 18.5. The molecule has 18 nitrogen and oxygen atoms in total. The number of rotatable bonds is 20. The Morgan fingerprint density at radius 1 is 0.912 bits per heavy atom. The van der Waals surface area contributed by atoms with Crippen LogP contribution in [0, 0.1) is 32.0 Å². The molecule has 0 radical (unpaired) electrons. The predicted molar refractivity (Wildman–Crippen MR) is 258 cm³/mol. The number of aliphatic hydroxyl groups is 1. The molecule has 0 aliphatic carbocycles. The normalized spacial score (nSPS) is 15.8. The summed E-state index contributed by atoms with van der Waals surface area (Å²) >= 11 is 1.56. The highest BCUT2D eigenvalue weighted by Crippen LogP contribution is 2.33. The summed E-state index contributed by atoms with van der Waals surface area (Å²) in [6, 6.07) is 9.80. The number of aromatic nitrogens is 4. The molecule has 4 heterocycles. The first-order chi connectivity index (χ1) is 32.4. The largest absolute Gasteiger partial charge is 0.391 e. The number of hydrogen-bond acceptors (Lipinski definition) is 14. The maximum atomic E-state index is 15.0. The van der Waals surface area contributed by atoms with Crippen LogP contribution in [-0.2, 0) is 28.6 Å². The number of hydrogen-bond donors (Lipinski definition) is 6. The van der Waals surface area contributed by atoms with Crippen molar-refractivity contribution in [1.82, 2.24) is 40.8 Å². The summed E-state index contributed by atoms with van der Waals surface area (Å²) < 4.78 is 31.5. The van der Waals surface area contributed by atoms with Gasteiger partial charge in [0.05, 0.1) is 66.9 Å². The Morgan fingerprint density at radius 3 is 2.29 bits per heavy atom. The number of benzene rings is 2. The molecular weight excluding hydrogens is 896 g/mol. The third-order valence-corrected chi connectivity index (χ3v) is 12.4. The van der Waals surface area contributed by atoms with Crippen molar-refractivity contribution in [3.05, 3.63) is 82.5 Å². The number of anilines is 2. The van der Waals surface area contributed by atoms with E-state index in [0.717, 1.165) is 27.3 Å². The van der Waals surface area contributed by atoms with Crippen LogP contribution < -0.4 is 26.6 Å². The van der Waals surface area contributed by atoms with E-state index in [9.17, 15) is 28.7 Å². The maximum Gasteiger partial charge on any atom is 0.319 e. The van der Waals surface area contributed by atoms with Crippen LogP contribution in [0.5, 0.6) is 0 Å². The van der Waals surface area contributed by atoms with Gasteiger partial charge in [-0.15, -0.1) is 11.3 Å². The Labute approximate surface area is 399 Å². The molecule has 0 bridgehead atoms. The molecular formula is C48H61FN10O8S. The summed E-state index contributed by atoms with van der Waals surface area (Å²) in [6.45, 7) is 13.5. The van der Waals surface area contributed by atoms with Gasteiger partial charge in [-0.25, -0.2) is 24.1 Å². The van der Waals surface area contributed by atoms with Crippen molar-refractivity contribution in [3.8, 4) is 21.6 Å². The molecule has 68 heavy (non-hydrogen) atoms. The standard InChI is InChI=1S/C48H61FN10O8S/c1-27-19-37(49)38(22-35(27)36-20-33-23-52-46(50-8)58-43(33)54-29(36)3)56-47(64)51-13-14-65-15-16-66-17-18-67-25-40(61)57-42(48(5,6)7)45(63)59-24-34(60)21-39(59)44(62)55-28(2)31-9-11-32(12-10-31)41-30(4)53-26-68-41/h9-12,19-20,22-23,26,28,34,39,42,60H,13-18,21,24-25H2,1-8H3,(H,55,62)(H,57,61)(H2,51,56,64)(H,50,52,54,58)/t28-,34+,39-,42-/m0/s1. The minimum atomic E-state index is -1.00. The highest BCUT2D eigenvalue weighted by atomic mass is 32.1.